The SMILES string of the molecule is CCN1\C(=C/C=C/C=C/C2=[N+](CCCNC(=O)OCC3[C@H]4CCC#CCC[C@@H]34)c3ccc(S(=O)(=O)O)cc3C2(C)C)C(C)(C)c2cc(S(=O)(=O)O)ccc21. The van der Waals surface area contributed by atoms with Crippen molar-refractivity contribution >= 4 is 43.4 Å². The van der Waals surface area contributed by atoms with E-state index in [0.717, 1.165) is 59.6 Å². The molecule has 0 saturated heterocycles. The molecule has 3 atom stereocenters. The number of nitrogens with one attached hydrogen (secondary N) is 1. The predicted octanol–water partition coefficient (Wildman–Crippen LogP) is 6.93. The third-order valence-corrected chi connectivity index (χ3v) is 13.1. The Hall–Kier alpha value is -4.22. The smallest absolute Gasteiger partial charge is 0.407 e. The van der Waals surface area contributed by atoms with Crippen LogP contribution in [0.3, 0.4) is 0 Å². The van der Waals surface area contributed by atoms with E-state index >= 15 is 0 Å². The lowest BCUT2D eigenvalue weighted by atomic mass is 9.81. The van der Waals surface area contributed by atoms with Crippen LogP contribution in [0.4, 0.5) is 16.2 Å². The Morgan fingerprint density at radius 3 is 2.19 bits per heavy atom. The molecular weight excluding hydrogens is 727 g/mol. The number of hydrogen-bond acceptors (Lipinski definition) is 7. The van der Waals surface area contributed by atoms with Crippen LogP contribution < -0.4 is 10.2 Å². The van der Waals surface area contributed by atoms with Gasteiger partial charge in [0.2, 0.25) is 5.69 Å². The molecule has 6 rings (SSSR count). The van der Waals surface area contributed by atoms with Crippen molar-refractivity contribution in [2.24, 2.45) is 17.8 Å². The van der Waals surface area contributed by atoms with Gasteiger partial charge in [0.15, 0.2) is 12.3 Å². The summed E-state index contributed by atoms with van der Waals surface area (Å²) in [5.41, 5.74) is 4.01. The molecule has 0 spiro atoms. The highest BCUT2D eigenvalue weighted by atomic mass is 32.2. The van der Waals surface area contributed by atoms with E-state index in [4.69, 9.17) is 4.74 Å². The number of rotatable bonds is 12. The fourth-order valence-electron chi connectivity index (χ4n) is 8.50. The van der Waals surface area contributed by atoms with Crippen molar-refractivity contribution in [1.82, 2.24) is 5.32 Å². The molecule has 11 nitrogen and oxygen atoms in total. The molecule has 13 heteroatoms. The number of amides is 1. The van der Waals surface area contributed by atoms with Crippen LogP contribution in [0.25, 0.3) is 0 Å². The Kier molecular flexibility index (Phi) is 11.1. The zero-order chi connectivity index (χ0) is 39.1. The van der Waals surface area contributed by atoms with Crippen LogP contribution in [-0.2, 0) is 35.8 Å². The lowest BCUT2D eigenvalue weighted by Gasteiger charge is -2.25. The molecule has 54 heavy (non-hydrogen) atoms. The van der Waals surface area contributed by atoms with Crippen LogP contribution >= 0.6 is 0 Å². The molecule has 2 aromatic carbocycles. The lowest BCUT2D eigenvalue weighted by molar-refractivity contribution is -0.437. The molecule has 2 aliphatic heterocycles. The first-order valence-electron chi connectivity index (χ1n) is 18.5. The standard InChI is InChI=1S/C41H49N3O8S2/c1-6-43-35-21-19-28(53(46,47)48)25-33(35)40(2,3)37(43)17-12-9-13-18-38-41(4,5)34-26-29(54(49,50)51)20-22-36(34)44(38)24-14-23-42-39(45)52-27-32-30-15-10-7-8-11-16-31(30)32/h9,12-13,17-22,25-26,30-32H,6,10-11,14-16,23-24,27H2,1-5H3,(H2-,42,45,46,47,48,49,50,51)/p+1/t30-,31+,32?. The van der Waals surface area contributed by atoms with E-state index in [1.165, 1.54) is 24.3 Å². The van der Waals surface area contributed by atoms with Gasteiger partial charge >= 0.3 is 6.09 Å². The van der Waals surface area contributed by atoms with Gasteiger partial charge in [0.05, 0.1) is 21.8 Å². The Labute approximate surface area is 319 Å². The van der Waals surface area contributed by atoms with E-state index in [0.29, 0.717) is 50.4 Å². The zero-order valence-electron chi connectivity index (χ0n) is 31.5. The number of benzene rings is 2. The highest BCUT2D eigenvalue weighted by Crippen LogP contribution is 2.52. The quantitative estimate of drug-likeness (QED) is 0.0685. The second-order valence-corrected chi connectivity index (χ2v) is 18.3. The van der Waals surface area contributed by atoms with Gasteiger partial charge in [-0.05, 0) is 93.3 Å². The molecule has 2 aliphatic carbocycles. The van der Waals surface area contributed by atoms with Gasteiger partial charge in [0.1, 0.15) is 0 Å². The highest BCUT2D eigenvalue weighted by Gasteiger charge is 2.49. The normalized spacial score (nSPS) is 23.4. The number of ether oxygens (including phenoxy) is 1. The molecule has 3 N–H and O–H groups in total. The van der Waals surface area contributed by atoms with Crippen LogP contribution in [0.2, 0.25) is 0 Å². The summed E-state index contributed by atoms with van der Waals surface area (Å²) >= 11 is 0. The van der Waals surface area contributed by atoms with Gasteiger partial charge in [-0.1, -0.05) is 32.1 Å². The topological polar surface area (TPSA) is 153 Å². The number of carbonyl (C=O) groups is 1. The summed E-state index contributed by atoms with van der Waals surface area (Å²) in [6.45, 7) is 12.1. The first-order chi connectivity index (χ1) is 25.5. The molecule has 4 aliphatic rings. The van der Waals surface area contributed by atoms with Crippen molar-refractivity contribution < 1.29 is 40.0 Å². The van der Waals surface area contributed by atoms with Crippen molar-refractivity contribution in [1.29, 1.82) is 0 Å². The number of hydrogen-bond donors (Lipinski definition) is 3. The third-order valence-electron chi connectivity index (χ3n) is 11.4. The summed E-state index contributed by atoms with van der Waals surface area (Å²) in [6.07, 6.45) is 13.9. The van der Waals surface area contributed by atoms with E-state index in [2.05, 4.69) is 26.6 Å². The maximum Gasteiger partial charge on any atom is 0.407 e. The van der Waals surface area contributed by atoms with Gasteiger partial charge in [-0.15, -0.1) is 11.8 Å². The molecule has 0 radical (unpaired) electrons. The molecule has 1 amide bonds. The maximum atomic E-state index is 12.6. The van der Waals surface area contributed by atoms with E-state index < -0.39 is 37.2 Å². The van der Waals surface area contributed by atoms with Gasteiger partial charge in [0, 0.05) is 66.9 Å². The minimum absolute atomic E-state index is 0.140. The summed E-state index contributed by atoms with van der Waals surface area (Å²) < 4.78 is 75.1. The zero-order valence-corrected chi connectivity index (χ0v) is 33.1. The first kappa shape index (κ1) is 39.5. The molecule has 1 fully saturated rings. The molecule has 2 heterocycles. The number of anilines is 1. The maximum absolute atomic E-state index is 12.6. The summed E-state index contributed by atoms with van der Waals surface area (Å²) in [6, 6.07) is 9.30. The second-order valence-electron chi connectivity index (χ2n) is 15.4. The third kappa shape index (κ3) is 7.94. The van der Waals surface area contributed by atoms with Crippen LogP contribution in [-0.4, -0.2) is 68.6 Å². The van der Waals surface area contributed by atoms with Crippen molar-refractivity contribution in [3.05, 3.63) is 83.6 Å². The summed E-state index contributed by atoms with van der Waals surface area (Å²) in [5, 5.41) is 2.89. The Morgan fingerprint density at radius 2 is 1.56 bits per heavy atom. The minimum Gasteiger partial charge on any atom is -0.449 e. The molecule has 0 aromatic heterocycles. The molecule has 2 aromatic rings. The summed E-state index contributed by atoms with van der Waals surface area (Å²) in [7, 11) is -8.76. The van der Waals surface area contributed by atoms with Crippen LogP contribution in [0.1, 0.15) is 77.8 Å². The Bertz CT molecular complexity index is 2220. The Balaban J connectivity index is 1.16. The molecule has 288 valence electrons. The van der Waals surface area contributed by atoms with E-state index in [-0.39, 0.29) is 9.79 Å². The average molecular weight is 777 g/mol. The minimum atomic E-state index is -4.41. The molecule has 1 saturated carbocycles. The van der Waals surface area contributed by atoms with Gasteiger partial charge < -0.3 is 15.0 Å². The molecule has 0 bridgehead atoms. The Morgan fingerprint density at radius 1 is 0.926 bits per heavy atom. The number of fused-ring (bicyclic) bond motifs is 3. The average Bonchev–Trinajstić information content (AvgIpc) is 3.61. The number of allylic oxidation sites excluding steroid dienone is 6. The van der Waals surface area contributed by atoms with Crippen molar-refractivity contribution in [2.45, 2.75) is 87.3 Å². The van der Waals surface area contributed by atoms with Crippen molar-refractivity contribution in [2.75, 3.05) is 31.1 Å². The fraction of sp³-hybridized carbons (Fsp3) is 0.463. The fourth-order valence-corrected chi connectivity index (χ4v) is 9.52. The van der Waals surface area contributed by atoms with Gasteiger partial charge in [-0.2, -0.15) is 21.4 Å². The van der Waals surface area contributed by atoms with Crippen LogP contribution in [0.15, 0.2) is 82.3 Å². The number of alkyl carbamates (subject to hydrolysis) is 1. The van der Waals surface area contributed by atoms with Crippen molar-refractivity contribution in [3.63, 3.8) is 0 Å². The molecule has 1 unspecified atom stereocenters. The summed E-state index contributed by atoms with van der Waals surface area (Å²) in [4.78, 5) is 14.4. The van der Waals surface area contributed by atoms with E-state index in [9.17, 15) is 30.7 Å². The number of nitrogens with zero attached hydrogens (tertiary/aromatic N) is 2. The lowest BCUT2D eigenvalue weighted by Crippen LogP contribution is -2.30. The van der Waals surface area contributed by atoms with Gasteiger partial charge in [0.25, 0.3) is 20.2 Å². The van der Waals surface area contributed by atoms with Crippen LogP contribution in [0, 0.1) is 29.6 Å². The largest absolute Gasteiger partial charge is 0.449 e. The predicted molar refractivity (Wildman–Crippen MR) is 208 cm³/mol. The summed E-state index contributed by atoms with van der Waals surface area (Å²) in [5.74, 6) is 8.02. The van der Waals surface area contributed by atoms with Crippen LogP contribution in [0.5, 0.6) is 0 Å². The van der Waals surface area contributed by atoms with Gasteiger partial charge in [-0.25, -0.2) is 4.79 Å². The van der Waals surface area contributed by atoms with Gasteiger partial charge in [-0.3, -0.25) is 9.11 Å². The monoisotopic (exact) mass is 776 g/mol. The van der Waals surface area contributed by atoms with E-state index in [1.807, 2.05) is 65.0 Å². The first-order valence-corrected chi connectivity index (χ1v) is 21.4. The number of carbonyl (C=O) groups excluding carboxylic acids is 1. The van der Waals surface area contributed by atoms with Crippen molar-refractivity contribution in [3.8, 4) is 11.8 Å². The highest BCUT2D eigenvalue weighted by molar-refractivity contribution is 7.86. The molecular formula is C41H50N3O8S2+. The number of likely N-dealkylation sites (N-methyl/N-ethyl adjacent to an activating group) is 1. The van der Waals surface area contributed by atoms with E-state index in [1.54, 1.807) is 12.1 Å². The second kappa shape index (κ2) is 15.1.